The summed E-state index contributed by atoms with van der Waals surface area (Å²) in [5.74, 6) is 2.99. The summed E-state index contributed by atoms with van der Waals surface area (Å²) in [6, 6.07) is 40.8. The first-order valence-corrected chi connectivity index (χ1v) is 17.2. The van der Waals surface area contributed by atoms with E-state index >= 15 is 0 Å². The molecular weight excluding hydrogens is 621 g/mol. The Morgan fingerprint density at radius 3 is 1.78 bits per heavy atom. The van der Waals surface area contributed by atoms with Gasteiger partial charge in [-0.3, -0.25) is 9.36 Å². The summed E-state index contributed by atoms with van der Waals surface area (Å²) in [5.41, 5.74) is 7.95. The van der Waals surface area contributed by atoms with Crippen LogP contribution in [0.3, 0.4) is 0 Å². The van der Waals surface area contributed by atoms with Crippen molar-refractivity contribution in [3.63, 3.8) is 0 Å². The summed E-state index contributed by atoms with van der Waals surface area (Å²) in [5, 5.41) is 10.8. The zero-order chi connectivity index (χ0) is 33.7. The predicted molar refractivity (Wildman–Crippen MR) is 191 cm³/mol. The van der Waals surface area contributed by atoms with Gasteiger partial charge in [-0.25, -0.2) is 9.13 Å². The molecule has 0 radical (unpaired) electrons. The molecule has 0 fully saturated rings. The quantitative estimate of drug-likeness (QED) is 0.152. The SMILES string of the molecule is COc1ccc(Cn2ccc(C3(c4ccn(Cc5ccc(OC)cc5)n4)CC4c5ccccc5C3c3n4cc[n+]3Cc3ccccc3)n2)cc1. The van der Waals surface area contributed by atoms with E-state index in [1.54, 1.807) is 14.2 Å². The fraction of sp³-hybridized carbons (Fsp3) is 0.214. The second-order valence-corrected chi connectivity index (χ2v) is 13.4. The maximum atomic E-state index is 5.40. The highest BCUT2D eigenvalue weighted by Crippen LogP contribution is 2.60. The van der Waals surface area contributed by atoms with Gasteiger partial charge in [0.2, 0.25) is 0 Å². The zero-order valence-electron chi connectivity index (χ0n) is 28.3. The predicted octanol–water partition coefficient (Wildman–Crippen LogP) is 6.76. The van der Waals surface area contributed by atoms with E-state index in [1.807, 2.05) is 24.3 Å². The monoisotopic (exact) mass is 659 g/mol. The van der Waals surface area contributed by atoms with Gasteiger partial charge in [0.1, 0.15) is 42.4 Å². The molecule has 2 bridgehead atoms. The summed E-state index contributed by atoms with van der Waals surface area (Å²) in [4.78, 5) is 0. The van der Waals surface area contributed by atoms with Gasteiger partial charge in [0.05, 0.1) is 44.1 Å². The molecule has 0 spiro atoms. The van der Waals surface area contributed by atoms with Gasteiger partial charge in [-0.05, 0) is 58.7 Å². The number of hydrogen-bond acceptors (Lipinski definition) is 4. The molecule has 10 rings (SSSR count). The fourth-order valence-electron chi connectivity index (χ4n) is 8.28. The Morgan fingerprint density at radius 1 is 0.640 bits per heavy atom. The third kappa shape index (κ3) is 5.02. The largest absolute Gasteiger partial charge is 0.497 e. The molecule has 2 aliphatic heterocycles. The number of hydrogen-bond donors (Lipinski definition) is 0. The molecule has 248 valence electrons. The van der Waals surface area contributed by atoms with Crippen molar-refractivity contribution in [3.8, 4) is 11.5 Å². The minimum absolute atomic E-state index is 0.00362. The van der Waals surface area contributed by atoms with Gasteiger partial charge in [0.25, 0.3) is 5.82 Å². The molecule has 2 unspecified atom stereocenters. The van der Waals surface area contributed by atoms with Crippen molar-refractivity contribution in [2.75, 3.05) is 14.2 Å². The van der Waals surface area contributed by atoms with E-state index in [-0.39, 0.29) is 12.0 Å². The molecule has 8 heteroatoms. The number of fused-ring (bicyclic) bond motifs is 1. The Labute approximate surface area is 291 Å². The van der Waals surface area contributed by atoms with E-state index in [0.717, 1.165) is 35.9 Å². The molecule has 3 aromatic heterocycles. The minimum Gasteiger partial charge on any atom is -0.497 e. The second-order valence-electron chi connectivity index (χ2n) is 13.4. The normalized spacial score (nSPS) is 16.9. The van der Waals surface area contributed by atoms with Gasteiger partial charge in [0, 0.05) is 24.4 Å². The third-order valence-electron chi connectivity index (χ3n) is 10.6. The fourth-order valence-corrected chi connectivity index (χ4v) is 8.28. The Kier molecular flexibility index (Phi) is 7.38. The van der Waals surface area contributed by atoms with E-state index in [1.165, 1.54) is 33.6 Å². The summed E-state index contributed by atoms with van der Waals surface area (Å²) >= 11 is 0. The maximum absolute atomic E-state index is 5.40. The highest BCUT2D eigenvalue weighted by molar-refractivity contribution is 5.53. The Hall–Kier alpha value is -5.89. The Balaban J connectivity index is 1.18. The van der Waals surface area contributed by atoms with Gasteiger partial charge in [-0.1, -0.05) is 78.9 Å². The van der Waals surface area contributed by atoms with E-state index in [2.05, 4.69) is 134 Å². The molecule has 8 nitrogen and oxygen atoms in total. The lowest BCUT2D eigenvalue weighted by atomic mass is 9.56. The van der Waals surface area contributed by atoms with Gasteiger partial charge in [-0.15, -0.1) is 0 Å². The number of rotatable bonds is 10. The molecule has 2 atom stereocenters. The van der Waals surface area contributed by atoms with Crippen LogP contribution in [0.25, 0.3) is 0 Å². The lowest BCUT2D eigenvalue weighted by Gasteiger charge is -2.48. The highest BCUT2D eigenvalue weighted by Gasteiger charge is 2.62. The van der Waals surface area contributed by atoms with Crippen molar-refractivity contribution in [2.24, 2.45) is 0 Å². The van der Waals surface area contributed by atoms with Crippen LogP contribution in [-0.2, 0) is 25.0 Å². The van der Waals surface area contributed by atoms with Crippen molar-refractivity contribution < 1.29 is 14.0 Å². The molecule has 0 saturated heterocycles. The van der Waals surface area contributed by atoms with Gasteiger partial charge in [0.15, 0.2) is 0 Å². The van der Waals surface area contributed by atoms with Crippen LogP contribution in [0, 0.1) is 0 Å². The van der Waals surface area contributed by atoms with Gasteiger partial charge < -0.3 is 9.47 Å². The van der Waals surface area contributed by atoms with Crippen LogP contribution < -0.4 is 14.0 Å². The van der Waals surface area contributed by atoms with Crippen LogP contribution in [0.15, 0.2) is 140 Å². The van der Waals surface area contributed by atoms with E-state index in [4.69, 9.17) is 19.7 Å². The molecule has 7 aromatic rings. The first-order chi connectivity index (χ1) is 24.6. The van der Waals surface area contributed by atoms with Crippen molar-refractivity contribution >= 4 is 0 Å². The van der Waals surface area contributed by atoms with Crippen LogP contribution in [0.1, 0.15) is 63.4 Å². The minimum atomic E-state index is -0.498. The van der Waals surface area contributed by atoms with Crippen molar-refractivity contribution in [2.45, 2.75) is 43.4 Å². The van der Waals surface area contributed by atoms with Crippen LogP contribution in [0.4, 0.5) is 0 Å². The summed E-state index contributed by atoms with van der Waals surface area (Å²) < 4.78 is 19.9. The van der Waals surface area contributed by atoms with Crippen molar-refractivity contribution in [1.82, 2.24) is 24.1 Å². The maximum Gasteiger partial charge on any atom is 0.266 e. The average Bonchev–Trinajstić information content (AvgIpc) is 3.94. The standard InChI is InChI=1S/C42H39N6O2/c1-49-33-16-12-31(13-17-33)28-46-22-20-38(43-46)42(39-21-23-47(44-39)29-32-14-18-34(50-2)19-15-32)26-37-35-10-6-7-11-36(35)40(42)41-45(24-25-48(37)41)27-30-8-4-3-5-9-30/h3-25,37,40H,26-29H2,1-2H3/q+1. The van der Waals surface area contributed by atoms with Crippen LogP contribution in [-0.4, -0.2) is 38.3 Å². The van der Waals surface area contributed by atoms with E-state index in [0.29, 0.717) is 13.1 Å². The average molecular weight is 660 g/mol. The smallest absolute Gasteiger partial charge is 0.266 e. The first kappa shape index (κ1) is 30.2. The van der Waals surface area contributed by atoms with Crippen molar-refractivity contribution in [3.05, 3.63) is 185 Å². The molecule has 0 saturated carbocycles. The molecular formula is C42H39N6O2+. The lowest BCUT2D eigenvalue weighted by Crippen LogP contribution is -2.54. The topological polar surface area (TPSA) is 62.9 Å². The van der Waals surface area contributed by atoms with Gasteiger partial charge >= 0.3 is 0 Å². The summed E-state index contributed by atoms with van der Waals surface area (Å²) in [6.07, 6.45) is 9.65. The number of benzene rings is 4. The zero-order valence-corrected chi connectivity index (χ0v) is 28.3. The molecule has 50 heavy (non-hydrogen) atoms. The van der Waals surface area contributed by atoms with E-state index in [9.17, 15) is 0 Å². The number of aromatic nitrogens is 6. The van der Waals surface area contributed by atoms with Crippen LogP contribution in [0.2, 0.25) is 0 Å². The van der Waals surface area contributed by atoms with Gasteiger partial charge in [-0.2, -0.15) is 10.2 Å². The number of imidazole rings is 1. The Morgan fingerprint density at radius 2 is 1.20 bits per heavy atom. The third-order valence-corrected chi connectivity index (χ3v) is 10.6. The molecule has 4 aromatic carbocycles. The van der Waals surface area contributed by atoms with E-state index < -0.39 is 5.41 Å². The van der Waals surface area contributed by atoms with Crippen LogP contribution in [0.5, 0.6) is 11.5 Å². The highest BCUT2D eigenvalue weighted by atomic mass is 16.5. The molecule has 5 heterocycles. The molecule has 3 aliphatic rings. The summed E-state index contributed by atoms with van der Waals surface area (Å²) in [6.45, 7) is 2.13. The lowest BCUT2D eigenvalue weighted by molar-refractivity contribution is -0.697. The second kappa shape index (κ2) is 12.2. The molecule has 1 aliphatic carbocycles. The number of nitrogens with zero attached hydrogens (tertiary/aromatic N) is 6. The number of ether oxygens (including phenoxy) is 2. The summed E-state index contributed by atoms with van der Waals surface area (Å²) in [7, 11) is 3.39. The molecule has 0 amide bonds. The van der Waals surface area contributed by atoms with Crippen LogP contribution >= 0.6 is 0 Å². The van der Waals surface area contributed by atoms with Crippen molar-refractivity contribution in [1.29, 1.82) is 0 Å². The molecule has 0 N–H and O–H groups in total. The number of methoxy groups -OCH3 is 2. The first-order valence-electron chi connectivity index (χ1n) is 17.2. The Bertz CT molecular complexity index is 2180.